The van der Waals surface area contributed by atoms with Crippen molar-refractivity contribution in [1.82, 2.24) is 0 Å². The number of benzene rings is 2. The smallest absolute Gasteiger partial charge is 0.336 e. The van der Waals surface area contributed by atoms with E-state index in [9.17, 15) is 18.8 Å². The van der Waals surface area contributed by atoms with Crippen LogP contribution >= 0.6 is 0 Å². The summed E-state index contributed by atoms with van der Waals surface area (Å²) in [5, 5.41) is 2.63. The van der Waals surface area contributed by atoms with Crippen LogP contribution in [0.15, 0.2) is 65.9 Å². The van der Waals surface area contributed by atoms with Gasteiger partial charge in [-0.15, -0.1) is 0 Å². The van der Waals surface area contributed by atoms with Gasteiger partial charge in [-0.2, -0.15) is 0 Å². The fourth-order valence-corrected chi connectivity index (χ4v) is 3.23. The van der Waals surface area contributed by atoms with Crippen molar-refractivity contribution in [3.63, 3.8) is 0 Å². The fourth-order valence-electron chi connectivity index (χ4n) is 3.23. The van der Waals surface area contributed by atoms with E-state index >= 15 is 0 Å². The van der Waals surface area contributed by atoms with Crippen LogP contribution in [-0.4, -0.2) is 24.9 Å². The largest absolute Gasteiger partial charge is 0.466 e. The molecule has 0 unspecified atom stereocenters. The SMILES string of the molecule is COC(=O)C1=C(C)N(c2ccccc2)C(=O)C[C@H]1C(=O)Nc1ccc(F)cc1. The molecule has 0 aromatic heterocycles. The Morgan fingerprint density at radius 1 is 1.11 bits per heavy atom. The van der Waals surface area contributed by atoms with Crippen molar-refractivity contribution in [2.24, 2.45) is 5.92 Å². The number of carbonyl (C=O) groups is 3. The van der Waals surface area contributed by atoms with Gasteiger partial charge in [0.1, 0.15) is 5.82 Å². The van der Waals surface area contributed by atoms with E-state index in [0.29, 0.717) is 17.1 Å². The van der Waals surface area contributed by atoms with Crippen molar-refractivity contribution in [2.75, 3.05) is 17.3 Å². The van der Waals surface area contributed by atoms with Crippen LogP contribution in [0.2, 0.25) is 0 Å². The summed E-state index contributed by atoms with van der Waals surface area (Å²) in [5.41, 5.74) is 1.43. The van der Waals surface area contributed by atoms with Gasteiger partial charge < -0.3 is 10.1 Å². The molecule has 28 heavy (non-hydrogen) atoms. The van der Waals surface area contributed by atoms with E-state index in [1.54, 1.807) is 31.2 Å². The molecule has 2 aromatic rings. The molecule has 0 spiro atoms. The monoisotopic (exact) mass is 382 g/mol. The summed E-state index contributed by atoms with van der Waals surface area (Å²) in [7, 11) is 1.22. The number of esters is 1. The van der Waals surface area contributed by atoms with Crippen molar-refractivity contribution in [3.05, 3.63) is 71.7 Å². The molecular formula is C21H19FN2O4. The molecule has 0 aliphatic carbocycles. The van der Waals surface area contributed by atoms with E-state index in [0.717, 1.165) is 0 Å². The molecule has 0 saturated carbocycles. The molecule has 144 valence electrons. The highest BCUT2D eigenvalue weighted by Gasteiger charge is 2.40. The molecular weight excluding hydrogens is 363 g/mol. The number of carbonyl (C=O) groups excluding carboxylic acids is 3. The number of ether oxygens (including phenoxy) is 1. The molecule has 0 fully saturated rings. The van der Waals surface area contributed by atoms with Crippen molar-refractivity contribution >= 4 is 29.2 Å². The zero-order chi connectivity index (χ0) is 20.3. The predicted octanol–water partition coefficient (Wildman–Crippen LogP) is 3.26. The molecule has 7 heteroatoms. The van der Waals surface area contributed by atoms with E-state index in [1.807, 2.05) is 6.07 Å². The number of hydrogen-bond donors (Lipinski definition) is 1. The van der Waals surface area contributed by atoms with E-state index in [4.69, 9.17) is 4.74 Å². The highest BCUT2D eigenvalue weighted by Crippen LogP contribution is 2.34. The number of amides is 2. The lowest BCUT2D eigenvalue weighted by Crippen LogP contribution is -2.43. The Bertz CT molecular complexity index is 939. The lowest BCUT2D eigenvalue weighted by Gasteiger charge is -2.33. The van der Waals surface area contributed by atoms with Crippen molar-refractivity contribution in [1.29, 1.82) is 0 Å². The Kier molecular flexibility index (Phi) is 5.54. The molecule has 2 aromatic carbocycles. The Morgan fingerprint density at radius 3 is 2.36 bits per heavy atom. The molecule has 0 bridgehead atoms. The molecule has 0 radical (unpaired) electrons. The number of allylic oxidation sites excluding steroid dienone is 1. The maximum atomic E-state index is 13.1. The van der Waals surface area contributed by atoms with Crippen LogP contribution in [0.3, 0.4) is 0 Å². The Balaban J connectivity index is 1.97. The maximum absolute atomic E-state index is 13.1. The van der Waals surface area contributed by atoms with Crippen LogP contribution < -0.4 is 10.2 Å². The van der Waals surface area contributed by atoms with Gasteiger partial charge in [0.25, 0.3) is 0 Å². The van der Waals surface area contributed by atoms with Gasteiger partial charge in [0, 0.05) is 23.5 Å². The second-order valence-corrected chi connectivity index (χ2v) is 6.31. The minimum Gasteiger partial charge on any atom is -0.466 e. The molecule has 1 N–H and O–H groups in total. The van der Waals surface area contributed by atoms with E-state index in [1.165, 1.54) is 36.3 Å². The first-order valence-corrected chi connectivity index (χ1v) is 8.66. The third-order valence-electron chi connectivity index (χ3n) is 4.55. The van der Waals surface area contributed by atoms with E-state index in [-0.39, 0.29) is 17.9 Å². The van der Waals surface area contributed by atoms with Crippen LogP contribution in [-0.2, 0) is 19.1 Å². The Labute approximate surface area is 161 Å². The average molecular weight is 382 g/mol. The number of para-hydroxylation sites is 1. The first kappa shape index (κ1) is 19.3. The standard InChI is InChI=1S/C21H19FN2O4/c1-13-19(21(27)28-2)17(20(26)23-15-10-8-14(22)9-11-15)12-18(25)24(13)16-6-4-3-5-7-16/h3-11,17H,12H2,1-2H3,(H,23,26)/t17-/m1/s1. The van der Waals surface area contributed by atoms with E-state index < -0.39 is 23.6 Å². The predicted molar refractivity (Wildman–Crippen MR) is 102 cm³/mol. The first-order valence-electron chi connectivity index (χ1n) is 8.66. The highest BCUT2D eigenvalue weighted by molar-refractivity contribution is 6.10. The lowest BCUT2D eigenvalue weighted by molar-refractivity contribution is -0.138. The summed E-state index contributed by atoms with van der Waals surface area (Å²) in [6.45, 7) is 1.61. The van der Waals surface area contributed by atoms with Crippen LogP contribution in [0.4, 0.5) is 15.8 Å². The van der Waals surface area contributed by atoms with Crippen molar-refractivity contribution in [3.8, 4) is 0 Å². The van der Waals surface area contributed by atoms with Crippen molar-refractivity contribution in [2.45, 2.75) is 13.3 Å². The zero-order valence-corrected chi connectivity index (χ0v) is 15.4. The van der Waals surface area contributed by atoms with Crippen molar-refractivity contribution < 1.29 is 23.5 Å². The summed E-state index contributed by atoms with van der Waals surface area (Å²) in [4.78, 5) is 39.4. The summed E-state index contributed by atoms with van der Waals surface area (Å²) in [6.07, 6.45) is -0.191. The quantitative estimate of drug-likeness (QED) is 0.824. The minimum absolute atomic E-state index is 0.116. The maximum Gasteiger partial charge on any atom is 0.336 e. The summed E-state index contributed by atoms with van der Waals surface area (Å²) < 4.78 is 17.9. The summed E-state index contributed by atoms with van der Waals surface area (Å²) in [5.74, 6) is -2.96. The van der Waals surface area contributed by atoms with Crippen LogP contribution in [0.5, 0.6) is 0 Å². The number of hydrogen-bond acceptors (Lipinski definition) is 4. The molecule has 1 aliphatic rings. The normalized spacial score (nSPS) is 16.8. The van der Waals surface area contributed by atoms with Gasteiger partial charge >= 0.3 is 5.97 Å². The van der Waals surface area contributed by atoms with Gasteiger partial charge in [-0.3, -0.25) is 14.5 Å². The van der Waals surface area contributed by atoms with Crippen LogP contribution in [0, 0.1) is 11.7 Å². The number of anilines is 2. The van der Waals surface area contributed by atoms with Gasteiger partial charge in [0.15, 0.2) is 0 Å². The molecule has 1 atom stereocenters. The van der Waals surface area contributed by atoms with Gasteiger partial charge in [-0.05, 0) is 43.3 Å². The molecule has 1 heterocycles. The highest BCUT2D eigenvalue weighted by atomic mass is 19.1. The topological polar surface area (TPSA) is 75.7 Å². The molecule has 1 aliphatic heterocycles. The van der Waals surface area contributed by atoms with E-state index in [2.05, 4.69) is 5.32 Å². The van der Waals surface area contributed by atoms with Gasteiger partial charge in [0.05, 0.1) is 18.6 Å². The average Bonchev–Trinajstić information content (AvgIpc) is 2.69. The van der Waals surface area contributed by atoms with Crippen LogP contribution in [0.25, 0.3) is 0 Å². The number of methoxy groups -OCH3 is 1. The molecule has 0 saturated heterocycles. The number of nitrogens with zero attached hydrogens (tertiary/aromatic N) is 1. The number of rotatable bonds is 4. The summed E-state index contributed by atoms with van der Waals surface area (Å²) >= 11 is 0. The third-order valence-corrected chi connectivity index (χ3v) is 4.55. The second-order valence-electron chi connectivity index (χ2n) is 6.31. The minimum atomic E-state index is -1.01. The molecule has 3 rings (SSSR count). The van der Waals surface area contributed by atoms with Gasteiger partial charge in [-0.1, -0.05) is 18.2 Å². The number of nitrogens with one attached hydrogen (secondary N) is 1. The second kappa shape index (κ2) is 8.04. The molecule has 2 amide bonds. The first-order chi connectivity index (χ1) is 13.4. The number of halogens is 1. The fraction of sp³-hybridized carbons (Fsp3) is 0.190. The van der Waals surface area contributed by atoms with Gasteiger partial charge in [0.2, 0.25) is 11.8 Å². The molecule has 6 nitrogen and oxygen atoms in total. The zero-order valence-electron chi connectivity index (χ0n) is 15.4. The summed E-state index contributed by atoms with van der Waals surface area (Å²) in [6, 6.07) is 14.1. The van der Waals surface area contributed by atoms with Gasteiger partial charge in [-0.25, -0.2) is 9.18 Å². The Morgan fingerprint density at radius 2 is 1.75 bits per heavy atom. The lowest BCUT2D eigenvalue weighted by atomic mass is 9.88. The Hall–Kier alpha value is -3.48. The third kappa shape index (κ3) is 3.78. The van der Waals surface area contributed by atoms with Crippen LogP contribution in [0.1, 0.15) is 13.3 Å².